The highest BCUT2D eigenvalue weighted by Gasteiger charge is 2.30. The second-order valence-electron chi connectivity index (χ2n) is 7.17. The molecule has 5 nitrogen and oxygen atoms in total. The first-order valence-electron chi connectivity index (χ1n) is 8.59. The number of imidazole rings is 1. The van der Waals surface area contributed by atoms with Gasteiger partial charge < -0.3 is 10.3 Å². The number of carbonyl (C=O) groups is 1. The van der Waals surface area contributed by atoms with Gasteiger partial charge in [0.15, 0.2) is 0 Å². The second kappa shape index (κ2) is 7.18. The molecule has 1 saturated heterocycles. The number of nitrogens with zero attached hydrogens (tertiary/aromatic N) is 2. The summed E-state index contributed by atoms with van der Waals surface area (Å²) in [4.78, 5) is 22.2. The molecule has 0 spiro atoms. The number of aromatic amines is 1. The molecule has 1 aromatic carbocycles. The zero-order chi connectivity index (χ0) is 17.0. The Balaban J connectivity index is 1.48. The number of hydrogen-bond donors (Lipinski definition) is 2. The third kappa shape index (κ3) is 3.85. The van der Waals surface area contributed by atoms with Crippen LogP contribution < -0.4 is 5.32 Å². The fourth-order valence-electron chi connectivity index (χ4n) is 3.28. The van der Waals surface area contributed by atoms with E-state index in [0.29, 0.717) is 5.92 Å². The molecule has 0 bridgehead atoms. The largest absolute Gasteiger partial charge is 0.355 e. The van der Waals surface area contributed by atoms with Crippen molar-refractivity contribution in [1.82, 2.24) is 20.2 Å². The van der Waals surface area contributed by atoms with Crippen LogP contribution in [0.3, 0.4) is 0 Å². The lowest BCUT2D eigenvalue weighted by Gasteiger charge is -2.25. The van der Waals surface area contributed by atoms with Crippen LogP contribution in [0, 0.1) is 5.92 Å². The van der Waals surface area contributed by atoms with E-state index < -0.39 is 5.41 Å². The molecule has 1 aliphatic heterocycles. The first kappa shape index (κ1) is 16.7. The SMILES string of the molecule is CC(C)(C(=O)NCC1CCN(Cc2cnc[nH]2)C1)c1ccccc1. The molecule has 1 aromatic heterocycles. The van der Waals surface area contributed by atoms with E-state index in [1.165, 1.54) is 0 Å². The minimum atomic E-state index is -0.504. The van der Waals surface area contributed by atoms with E-state index >= 15 is 0 Å². The molecular weight excluding hydrogens is 300 g/mol. The van der Waals surface area contributed by atoms with Crippen LogP contribution in [0.1, 0.15) is 31.5 Å². The summed E-state index contributed by atoms with van der Waals surface area (Å²) in [5, 5.41) is 3.16. The van der Waals surface area contributed by atoms with Crippen molar-refractivity contribution in [2.75, 3.05) is 19.6 Å². The highest BCUT2D eigenvalue weighted by atomic mass is 16.2. The molecule has 1 amide bonds. The van der Waals surface area contributed by atoms with Gasteiger partial charge in [-0.2, -0.15) is 0 Å². The smallest absolute Gasteiger partial charge is 0.230 e. The van der Waals surface area contributed by atoms with Crippen LogP contribution in [0.15, 0.2) is 42.9 Å². The van der Waals surface area contributed by atoms with Crippen molar-refractivity contribution in [2.24, 2.45) is 5.92 Å². The zero-order valence-corrected chi connectivity index (χ0v) is 14.5. The van der Waals surface area contributed by atoms with Crippen molar-refractivity contribution in [3.63, 3.8) is 0 Å². The molecule has 0 saturated carbocycles. The maximum absolute atomic E-state index is 12.6. The van der Waals surface area contributed by atoms with Crippen molar-refractivity contribution in [2.45, 2.75) is 32.2 Å². The van der Waals surface area contributed by atoms with Gasteiger partial charge in [0.1, 0.15) is 0 Å². The Labute approximate surface area is 143 Å². The summed E-state index contributed by atoms with van der Waals surface area (Å²) in [5.74, 6) is 0.615. The van der Waals surface area contributed by atoms with E-state index in [2.05, 4.69) is 20.2 Å². The molecular formula is C19H26N4O. The van der Waals surface area contributed by atoms with E-state index in [-0.39, 0.29) is 5.91 Å². The van der Waals surface area contributed by atoms with Crippen LogP contribution in [0.2, 0.25) is 0 Å². The summed E-state index contributed by atoms with van der Waals surface area (Å²) >= 11 is 0. The van der Waals surface area contributed by atoms with Crippen molar-refractivity contribution >= 4 is 5.91 Å². The fourth-order valence-corrected chi connectivity index (χ4v) is 3.28. The predicted octanol–water partition coefficient (Wildman–Crippen LogP) is 2.33. The van der Waals surface area contributed by atoms with Crippen molar-refractivity contribution in [3.8, 4) is 0 Å². The molecule has 0 aliphatic carbocycles. The number of hydrogen-bond acceptors (Lipinski definition) is 3. The van der Waals surface area contributed by atoms with E-state index in [9.17, 15) is 4.79 Å². The van der Waals surface area contributed by atoms with Gasteiger partial charge in [-0.3, -0.25) is 9.69 Å². The molecule has 3 rings (SSSR count). The maximum atomic E-state index is 12.6. The number of rotatable bonds is 6. The lowest BCUT2D eigenvalue weighted by atomic mass is 9.83. The Morgan fingerprint density at radius 3 is 2.88 bits per heavy atom. The van der Waals surface area contributed by atoms with Gasteiger partial charge in [0.05, 0.1) is 11.7 Å². The summed E-state index contributed by atoms with van der Waals surface area (Å²) in [6.45, 7) is 7.70. The molecule has 1 fully saturated rings. The molecule has 1 atom stereocenters. The number of carbonyl (C=O) groups excluding carboxylic acids is 1. The average Bonchev–Trinajstić information content (AvgIpc) is 3.26. The molecule has 0 radical (unpaired) electrons. The Bertz CT molecular complexity index is 651. The monoisotopic (exact) mass is 326 g/mol. The highest BCUT2D eigenvalue weighted by molar-refractivity contribution is 5.87. The quantitative estimate of drug-likeness (QED) is 0.856. The van der Waals surface area contributed by atoms with Gasteiger partial charge in [-0.1, -0.05) is 30.3 Å². The Kier molecular flexibility index (Phi) is 5.00. The van der Waals surface area contributed by atoms with Gasteiger partial charge >= 0.3 is 0 Å². The predicted molar refractivity (Wildman–Crippen MR) is 94.4 cm³/mol. The van der Waals surface area contributed by atoms with Crippen LogP contribution in [0.5, 0.6) is 0 Å². The molecule has 2 aromatic rings. The van der Waals surface area contributed by atoms with Gasteiger partial charge in [-0.25, -0.2) is 4.98 Å². The number of nitrogens with one attached hydrogen (secondary N) is 2. The zero-order valence-electron chi connectivity index (χ0n) is 14.5. The van der Waals surface area contributed by atoms with E-state index in [1.807, 2.05) is 50.4 Å². The van der Waals surface area contributed by atoms with Crippen LogP contribution in [-0.4, -0.2) is 40.4 Å². The van der Waals surface area contributed by atoms with E-state index in [1.54, 1.807) is 6.33 Å². The average molecular weight is 326 g/mol. The molecule has 2 heterocycles. The summed E-state index contributed by atoms with van der Waals surface area (Å²) < 4.78 is 0. The van der Waals surface area contributed by atoms with Crippen molar-refractivity contribution < 1.29 is 4.79 Å². The topological polar surface area (TPSA) is 61.0 Å². The molecule has 24 heavy (non-hydrogen) atoms. The van der Waals surface area contributed by atoms with E-state index in [4.69, 9.17) is 0 Å². The molecule has 2 N–H and O–H groups in total. The summed E-state index contributed by atoms with van der Waals surface area (Å²) in [6.07, 6.45) is 4.71. The summed E-state index contributed by atoms with van der Waals surface area (Å²) in [5.41, 5.74) is 1.69. The van der Waals surface area contributed by atoms with Gasteiger partial charge in [0.2, 0.25) is 5.91 Å². The van der Waals surface area contributed by atoms with Crippen LogP contribution in [0.25, 0.3) is 0 Å². The van der Waals surface area contributed by atoms with Crippen LogP contribution in [0.4, 0.5) is 0 Å². The highest BCUT2D eigenvalue weighted by Crippen LogP contribution is 2.23. The Hall–Kier alpha value is -2.14. The number of likely N-dealkylation sites (tertiary alicyclic amines) is 1. The summed E-state index contributed by atoms with van der Waals surface area (Å²) in [6, 6.07) is 9.97. The number of benzene rings is 1. The first-order valence-corrected chi connectivity index (χ1v) is 8.59. The standard InChI is InChI=1S/C19H26N4O/c1-19(2,16-6-4-3-5-7-16)18(24)21-10-15-8-9-23(12-15)13-17-11-20-14-22-17/h3-7,11,14-15H,8-10,12-13H2,1-2H3,(H,20,22)(H,21,24). The van der Waals surface area contributed by atoms with Gasteiger partial charge in [0, 0.05) is 31.5 Å². The maximum Gasteiger partial charge on any atom is 0.230 e. The third-order valence-electron chi connectivity index (χ3n) is 4.93. The van der Waals surface area contributed by atoms with E-state index in [0.717, 1.165) is 43.9 Å². The van der Waals surface area contributed by atoms with Crippen LogP contribution >= 0.6 is 0 Å². The Morgan fingerprint density at radius 2 is 2.17 bits per heavy atom. The van der Waals surface area contributed by atoms with Gasteiger partial charge in [-0.15, -0.1) is 0 Å². The van der Waals surface area contributed by atoms with Crippen molar-refractivity contribution in [3.05, 3.63) is 54.1 Å². The lowest BCUT2D eigenvalue weighted by Crippen LogP contribution is -2.42. The minimum Gasteiger partial charge on any atom is -0.355 e. The minimum absolute atomic E-state index is 0.0979. The molecule has 5 heteroatoms. The van der Waals surface area contributed by atoms with Gasteiger partial charge in [-0.05, 0) is 38.3 Å². The third-order valence-corrected chi connectivity index (χ3v) is 4.93. The molecule has 1 unspecified atom stereocenters. The molecule has 128 valence electrons. The lowest BCUT2D eigenvalue weighted by molar-refractivity contribution is -0.125. The Morgan fingerprint density at radius 1 is 1.38 bits per heavy atom. The second-order valence-corrected chi connectivity index (χ2v) is 7.17. The fraction of sp³-hybridized carbons (Fsp3) is 0.474. The van der Waals surface area contributed by atoms with Crippen LogP contribution in [-0.2, 0) is 16.8 Å². The first-order chi connectivity index (χ1) is 11.6. The van der Waals surface area contributed by atoms with Crippen molar-refractivity contribution in [1.29, 1.82) is 0 Å². The number of H-pyrrole nitrogens is 1. The number of amides is 1. The van der Waals surface area contributed by atoms with Gasteiger partial charge in [0.25, 0.3) is 0 Å². The summed E-state index contributed by atoms with van der Waals surface area (Å²) in [7, 11) is 0. The number of aromatic nitrogens is 2. The molecule has 1 aliphatic rings. The normalized spacial score (nSPS) is 18.7.